The molecule has 3 rings (SSSR count). The minimum absolute atomic E-state index is 0.00433. The first-order valence-electron chi connectivity index (χ1n) is 15.9. The van der Waals surface area contributed by atoms with E-state index in [1.54, 1.807) is 0 Å². The molecule has 0 radical (unpaired) electrons. The van der Waals surface area contributed by atoms with Crippen molar-refractivity contribution in [2.24, 2.45) is 28.6 Å². The number of Topliss-reactive ketones (excluding diaryl/α,β-unsaturated/α-hetero) is 1. The molecule has 0 aliphatic heterocycles. The Hall–Kier alpha value is -1.75. The molecule has 0 saturated heterocycles. The second kappa shape index (κ2) is 12.6. The third-order valence-electron chi connectivity index (χ3n) is 11.5. The minimum atomic E-state index is -2.21. The normalized spacial score (nSPS) is 28.6. The maximum Gasteiger partial charge on any atom is 0.320 e. The van der Waals surface area contributed by atoms with Gasteiger partial charge in [0.15, 0.2) is 14.1 Å². The molecule has 0 N–H and O–H groups in total. The lowest BCUT2D eigenvalue weighted by Crippen LogP contribution is -2.65. The topological polar surface area (TPSA) is 71.1 Å². The summed E-state index contributed by atoms with van der Waals surface area (Å²) < 4.78 is 25.7. The van der Waals surface area contributed by atoms with Gasteiger partial charge in [0.1, 0.15) is 5.41 Å². The number of carbonyl (C=O) groups excluding carboxylic acids is 2. The standard InChI is InChI=1S/C35H58O6Si2/c1-25-19-30(36)35(31(37)38-9)27(23-40-42(10,11)32(2,3)4)20-28(41-43(12,13)33(5,6)7)21-29(35)34(25,8)24-39-22-26-17-15-14-16-18-26/h14-18,20,25,27,29H,19,21-24H2,1-13H3/t25-,27?,29+,34-,35-/m0/s1. The summed E-state index contributed by atoms with van der Waals surface area (Å²) in [6.07, 6.45) is 2.83. The fourth-order valence-corrected chi connectivity index (χ4v) is 8.40. The molecule has 2 aliphatic rings. The predicted octanol–water partition coefficient (Wildman–Crippen LogP) is 8.54. The van der Waals surface area contributed by atoms with Gasteiger partial charge in [-0.25, -0.2) is 0 Å². The molecule has 8 heteroatoms. The Labute approximate surface area is 263 Å². The van der Waals surface area contributed by atoms with Crippen LogP contribution in [0.25, 0.3) is 0 Å². The molecule has 1 fully saturated rings. The second-order valence-corrected chi connectivity index (χ2v) is 25.8. The Morgan fingerprint density at radius 1 is 0.953 bits per heavy atom. The van der Waals surface area contributed by atoms with Gasteiger partial charge in [-0.15, -0.1) is 0 Å². The van der Waals surface area contributed by atoms with E-state index in [4.69, 9.17) is 18.3 Å². The van der Waals surface area contributed by atoms with Gasteiger partial charge < -0.3 is 18.3 Å². The summed E-state index contributed by atoms with van der Waals surface area (Å²) in [6, 6.07) is 10.1. The largest absolute Gasteiger partial charge is 0.547 e. The van der Waals surface area contributed by atoms with Crippen molar-refractivity contribution in [1.29, 1.82) is 0 Å². The lowest BCUT2D eigenvalue weighted by atomic mass is 9.45. The van der Waals surface area contributed by atoms with Crippen molar-refractivity contribution in [1.82, 2.24) is 0 Å². The van der Waals surface area contributed by atoms with E-state index >= 15 is 0 Å². The Balaban J connectivity index is 2.15. The Morgan fingerprint density at radius 3 is 2.07 bits per heavy atom. The number of rotatable bonds is 10. The highest BCUT2D eigenvalue weighted by molar-refractivity contribution is 6.74. The number of fused-ring (bicyclic) bond motifs is 1. The number of benzene rings is 1. The number of ketones is 1. The summed E-state index contributed by atoms with van der Waals surface area (Å²) in [6.45, 7) is 27.7. The van der Waals surface area contributed by atoms with Crippen LogP contribution < -0.4 is 0 Å². The Bertz CT molecular complexity index is 1180. The molecule has 0 spiro atoms. The van der Waals surface area contributed by atoms with Crippen LogP contribution in [0.4, 0.5) is 0 Å². The fourth-order valence-electron chi connectivity index (χ4n) is 6.26. The van der Waals surface area contributed by atoms with Crippen LogP contribution in [-0.2, 0) is 34.5 Å². The highest BCUT2D eigenvalue weighted by Gasteiger charge is 2.68. The van der Waals surface area contributed by atoms with E-state index in [0.717, 1.165) is 11.3 Å². The zero-order chi connectivity index (χ0) is 32.6. The van der Waals surface area contributed by atoms with Crippen molar-refractivity contribution in [3.8, 4) is 0 Å². The van der Waals surface area contributed by atoms with Crippen LogP contribution in [0, 0.1) is 28.6 Å². The maximum atomic E-state index is 14.4. The van der Waals surface area contributed by atoms with Gasteiger partial charge in [0.2, 0.25) is 8.32 Å². The van der Waals surface area contributed by atoms with Crippen molar-refractivity contribution in [2.75, 3.05) is 20.3 Å². The minimum Gasteiger partial charge on any atom is -0.547 e. The third-order valence-corrected chi connectivity index (χ3v) is 20.4. The molecule has 0 heterocycles. The maximum absolute atomic E-state index is 14.4. The summed E-state index contributed by atoms with van der Waals surface area (Å²) in [5, 5.41) is -0.0236. The molecule has 5 atom stereocenters. The number of hydrogen-bond donors (Lipinski definition) is 0. The molecule has 1 aromatic carbocycles. The van der Waals surface area contributed by atoms with Gasteiger partial charge in [0.25, 0.3) is 0 Å². The number of esters is 1. The number of allylic oxidation sites excluding steroid dienone is 1. The first kappa shape index (κ1) is 35.7. The Kier molecular flexibility index (Phi) is 10.4. The smallest absolute Gasteiger partial charge is 0.320 e. The molecule has 1 saturated carbocycles. The molecule has 6 nitrogen and oxygen atoms in total. The van der Waals surface area contributed by atoms with E-state index < -0.39 is 39.4 Å². The molecule has 1 unspecified atom stereocenters. The van der Waals surface area contributed by atoms with Gasteiger partial charge in [0.05, 0.1) is 26.1 Å². The number of methoxy groups -OCH3 is 1. The van der Waals surface area contributed by atoms with Crippen molar-refractivity contribution >= 4 is 28.4 Å². The summed E-state index contributed by atoms with van der Waals surface area (Å²) >= 11 is 0. The zero-order valence-electron chi connectivity index (χ0n) is 29.2. The van der Waals surface area contributed by atoms with E-state index in [-0.39, 0.29) is 34.3 Å². The zero-order valence-corrected chi connectivity index (χ0v) is 31.2. The molecule has 242 valence electrons. The van der Waals surface area contributed by atoms with Crippen molar-refractivity contribution < 1.29 is 27.9 Å². The molecule has 43 heavy (non-hydrogen) atoms. The van der Waals surface area contributed by atoms with Crippen LogP contribution >= 0.6 is 0 Å². The predicted molar refractivity (Wildman–Crippen MR) is 179 cm³/mol. The van der Waals surface area contributed by atoms with Gasteiger partial charge in [-0.05, 0) is 65.2 Å². The van der Waals surface area contributed by atoms with E-state index in [1.807, 2.05) is 18.2 Å². The van der Waals surface area contributed by atoms with Crippen LogP contribution in [-0.4, -0.2) is 48.7 Å². The lowest BCUT2D eigenvalue weighted by molar-refractivity contribution is -0.188. The van der Waals surface area contributed by atoms with Gasteiger partial charge >= 0.3 is 5.97 Å². The molecule has 1 aromatic rings. The van der Waals surface area contributed by atoms with Crippen LogP contribution in [0.2, 0.25) is 36.3 Å². The Morgan fingerprint density at radius 2 is 1.53 bits per heavy atom. The van der Waals surface area contributed by atoms with Crippen molar-refractivity contribution in [3.05, 3.63) is 47.7 Å². The molecule has 2 aliphatic carbocycles. The molecule has 0 aromatic heterocycles. The van der Waals surface area contributed by atoms with Gasteiger partial charge in [0, 0.05) is 25.4 Å². The monoisotopic (exact) mass is 630 g/mol. The summed E-state index contributed by atoms with van der Waals surface area (Å²) in [5.41, 5.74) is -0.756. The van der Waals surface area contributed by atoms with Gasteiger partial charge in [-0.3, -0.25) is 9.59 Å². The average Bonchev–Trinajstić information content (AvgIpc) is 2.89. The van der Waals surface area contributed by atoms with E-state index in [0.29, 0.717) is 26.1 Å². The molecular formula is C35H58O6Si2. The van der Waals surface area contributed by atoms with Crippen molar-refractivity contribution in [2.45, 2.75) is 111 Å². The molecular weight excluding hydrogens is 573 g/mol. The van der Waals surface area contributed by atoms with E-state index in [1.165, 1.54) is 7.11 Å². The first-order valence-corrected chi connectivity index (χ1v) is 21.7. The quantitative estimate of drug-likeness (QED) is 0.147. The van der Waals surface area contributed by atoms with Gasteiger partial charge in [-0.1, -0.05) is 85.7 Å². The number of ether oxygens (including phenoxy) is 2. The van der Waals surface area contributed by atoms with Crippen molar-refractivity contribution in [3.63, 3.8) is 0 Å². The van der Waals surface area contributed by atoms with E-state index in [2.05, 4.69) is 99.8 Å². The number of carbonyl (C=O) groups is 2. The van der Waals surface area contributed by atoms with E-state index in [9.17, 15) is 9.59 Å². The second-order valence-electron chi connectivity index (χ2n) is 16.3. The van der Waals surface area contributed by atoms with Crippen LogP contribution in [0.3, 0.4) is 0 Å². The molecule has 0 amide bonds. The molecule has 0 bridgehead atoms. The highest BCUT2D eigenvalue weighted by Crippen LogP contribution is 2.61. The number of hydrogen-bond acceptors (Lipinski definition) is 6. The van der Waals surface area contributed by atoms with Crippen LogP contribution in [0.1, 0.15) is 73.8 Å². The van der Waals surface area contributed by atoms with Gasteiger partial charge in [-0.2, -0.15) is 0 Å². The fraction of sp³-hybridized carbons (Fsp3) is 0.714. The average molecular weight is 631 g/mol. The summed E-state index contributed by atoms with van der Waals surface area (Å²) in [5.74, 6) is -0.499. The summed E-state index contributed by atoms with van der Waals surface area (Å²) in [7, 11) is -3.01. The third kappa shape index (κ3) is 6.92. The lowest BCUT2D eigenvalue weighted by Gasteiger charge is -2.58. The SMILES string of the molecule is COC(=O)[C@]12C(=O)C[C@H](C)[C@](C)(COCc3ccccc3)[C@H]1CC(O[Si](C)(C)C(C)(C)C)=CC2CO[Si](C)(C)C(C)(C)C. The van der Waals surface area contributed by atoms with Crippen LogP contribution in [0.5, 0.6) is 0 Å². The summed E-state index contributed by atoms with van der Waals surface area (Å²) in [4.78, 5) is 28.5. The highest BCUT2D eigenvalue weighted by atomic mass is 28.4. The van der Waals surface area contributed by atoms with Crippen LogP contribution in [0.15, 0.2) is 42.2 Å². The first-order chi connectivity index (χ1) is 19.6.